The predicted octanol–water partition coefficient (Wildman–Crippen LogP) is 3.49. The molecule has 110 valence electrons. The van der Waals surface area contributed by atoms with Crippen molar-refractivity contribution in [2.45, 2.75) is 38.7 Å². The van der Waals surface area contributed by atoms with E-state index in [9.17, 15) is 4.79 Å². The highest BCUT2D eigenvalue weighted by Crippen LogP contribution is 2.25. The zero-order chi connectivity index (χ0) is 14.4. The standard InChI is InChI=1S/C16H22O4/c1-19-15-9-13(7-8-14(15)16(17)18)11-20-10-12-5-3-2-4-6-12/h7-9,12H,2-6,10-11H2,1H3,(H,17,18). The molecule has 0 aliphatic heterocycles. The lowest BCUT2D eigenvalue weighted by Gasteiger charge is -2.21. The fraction of sp³-hybridized carbons (Fsp3) is 0.562. The maximum Gasteiger partial charge on any atom is 0.339 e. The van der Waals surface area contributed by atoms with Gasteiger partial charge in [-0.05, 0) is 36.5 Å². The topological polar surface area (TPSA) is 55.8 Å². The number of hydrogen-bond acceptors (Lipinski definition) is 3. The Balaban J connectivity index is 1.87. The van der Waals surface area contributed by atoms with Crippen LogP contribution in [0.3, 0.4) is 0 Å². The van der Waals surface area contributed by atoms with E-state index < -0.39 is 5.97 Å². The monoisotopic (exact) mass is 278 g/mol. The van der Waals surface area contributed by atoms with Gasteiger partial charge in [0.15, 0.2) is 0 Å². The third-order valence-electron chi connectivity index (χ3n) is 3.84. The van der Waals surface area contributed by atoms with Gasteiger partial charge in [0.25, 0.3) is 0 Å². The maximum absolute atomic E-state index is 11.0. The molecular formula is C16H22O4. The van der Waals surface area contributed by atoms with Crippen LogP contribution in [0.4, 0.5) is 0 Å². The molecule has 0 unspecified atom stereocenters. The van der Waals surface area contributed by atoms with Crippen LogP contribution in [0.1, 0.15) is 48.0 Å². The summed E-state index contributed by atoms with van der Waals surface area (Å²) in [4.78, 5) is 11.0. The molecule has 0 spiro atoms. The van der Waals surface area contributed by atoms with Crippen LogP contribution in [0, 0.1) is 5.92 Å². The van der Waals surface area contributed by atoms with E-state index in [0.717, 1.165) is 12.2 Å². The first-order chi connectivity index (χ1) is 9.70. The Morgan fingerprint density at radius 2 is 2.05 bits per heavy atom. The average Bonchev–Trinajstić information content (AvgIpc) is 2.48. The third-order valence-corrected chi connectivity index (χ3v) is 3.84. The molecule has 0 bridgehead atoms. The van der Waals surface area contributed by atoms with Gasteiger partial charge in [-0.25, -0.2) is 4.79 Å². The highest BCUT2D eigenvalue weighted by Gasteiger charge is 2.14. The molecule has 4 nitrogen and oxygen atoms in total. The molecule has 0 saturated heterocycles. The predicted molar refractivity (Wildman–Crippen MR) is 76.2 cm³/mol. The average molecular weight is 278 g/mol. The Bertz CT molecular complexity index is 450. The molecule has 20 heavy (non-hydrogen) atoms. The van der Waals surface area contributed by atoms with Gasteiger partial charge >= 0.3 is 5.97 Å². The Morgan fingerprint density at radius 3 is 2.70 bits per heavy atom. The van der Waals surface area contributed by atoms with Crippen LogP contribution >= 0.6 is 0 Å². The number of carboxylic acid groups (broad SMARTS) is 1. The summed E-state index contributed by atoms with van der Waals surface area (Å²) in [5, 5.41) is 9.02. The van der Waals surface area contributed by atoms with Gasteiger partial charge in [-0.3, -0.25) is 0 Å². The van der Waals surface area contributed by atoms with Crippen molar-refractivity contribution >= 4 is 5.97 Å². The fourth-order valence-electron chi connectivity index (χ4n) is 2.70. The van der Waals surface area contributed by atoms with E-state index in [0.29, 0.717) is 18.3 Å². The fourth-order valence-corrected chi connectivity index (χ4v) is 2.70. The van der Waals surface area contributed by atoms with Gasteiger partial charge in [0, 0.05) is 6.61 Å². The minimum atomic E-state index is -0.975. The van der Waals surface area contributed by atoms with Crippen molar-refractivity contribution in [3.63, 3.8) is 0 Å². The van der Waals surface area contributed by atoms with E-state index in [4.69, 9.17) is 14.6 Å². The van der Waals surface area contributed by atoms with Crippen molar-refractivity contribution in [1.82, 2.24) is 0 Å². The maximum atomic E-state index is 11.0. The van der Waals surface area contributed by atoms with Gasteiger partial charge in [0.2, 0.25) is 0 Å². The molecule has 1 fully saturated rings. The van der Waals surface area contributed by atoms with E-state index in [1.165, 1.54) is 39.2 Å². The van der Waals surface area contributed by atoms with Crippen LogP contribution in [0.25, 0.3) is 0 Å². The largest absolute Gasteiger partial charge is 0.496 e. The summed E-state index contributed by atoms with van der Waals surface area (Å²) in [5.74, 6) is 0.0942. The minimum Gasteiger partial charge on any atom is -0.496 e. The van der Waals surface area contributed by atoms with Crippen molar-refractivity contribution in [2.24, 2.45) is 5.92 Å². The van der Waals surface area contributed by atoms with Crippen molar-refractivity contribution in [2.75, 3.05) is 13.7 Å². The van der Waals surface area contributed by atoms with Gasteiger partial charge in [0.05, 0.1) is 13.7 Å². The van der Waals surface area contributed by atoms with Crippen molar-refractivity contribution in [1.29, 1.82) is 0 Å². The summed E-state index contributed by atoms with van der Waals surface area (Å²) in [6, 6.07) is 5.09. The summed E-state index contributed by atoms with van der Waals surface area (Å²) >= 11 is 0. The summed E-state index contributed by atoms with van der Waals surface area (Å²) in [6.07, 6.45) is 6.51. The lowest BCUT2D eigenvalue weighted by Crippen LogP contribution is -2.13. The van der Waals surface area contributed by atoms with E-state index in [1.54, 1.807) is 18.2 Å². The second-order valence-corrected chi connectivity index (χ2v) is 5.36. The Kier molecular flexibility index (Phi) is 5.41. The normalized spacial score (nSPS) is 16.1. The zero-order valence-electron chi connectivity index (χ0n) is 11.9. The number of benzene rings is 1. The summed E-state index contributed by atoms with van der Waals surface area (Å²) in [5.41, 5.74) is 1.13. The molecule has 4 heteroatoms. The Labute approximate surface area is 119 Å². The van der Waals surface area contributed by atoms with Crippen LogP contribution in [0.15, 0.2) is 18.2 Å². The first-order valence-electron chi connectivity index (χ1n) is 7.18. The van der Waals surface area contributed by atoms with E-state index >= 15 is 0 Å². The molecule has 0 aromatic heterocycles. The van der Waals surface area contributed by atoms with Crippen LogP contribution < -0.4 is 4.74 Å². The lowest BCUT2D eigenvalue weighted by atomic mass is 9.90. The Hall–Kier alpha value is -1.55. The summed E-state index contributed by atoms with van der Waals surface area (Å²) < 4.78 is 10.9. The van der Waals surface area contributed by atoms with Gasteiger partial charge in [-0.15, -0.1) is 0 Å². The van der Waals surface area contributed by atoms with Crippen molar-refractivity contribution < 1.29 is 19.4 Å². The molecule has 1 aliphatic rings. The van der Waals surface area contributed by atoms with E-state index in [1.807, 2.05) is 0 Å². The molecule has 0 atom stereocenters. The minimum absolute atomic E-state index is 0.184. The summed E-state index contributed by atoms with van der Waals surface area (Å²) in [6.45, 7) is 1.30. The van der Waals surface area contributed by atoms with E-state index in [-0.39, 0.29) is 5.56 Å². The molecule has 1 saturated carbocycles. The van der Waals surface area contributed by atoms with Gasteiger partial charge in [0.1, 0.15) is 11.3 Å². The zero-order valence-corrected chi connectivity index (χ0v) is 11.9. The molecule has 2 rings (SSSR count). The third kappa shape index (κ3) is 3.97. The molecule has 1 aromatic rings. The molecule has 1 aliphatic carbocycles. The smallest absolute Gasteiger partial charge is 0.339 e. The van der Waals surface area contributed by atoms with Crippen LogP contribution in [-0.2, 0) is 11.3 Å². The van der Waals surface area contributed by atoms with Crippen molar-refractivity contribution in [3.05, 3.63) is 29.3 Å². The van der Waals surface area contributed by atoms with Crippen LogP contribution in [0.5, 0.6) is 5.75 Å². The molecular weight excluding hydrogens is 256 g/mol. The summed E-state index contributed by atoms with van der Waals surface area (Å²) in [7, 11) is 1.48. The number of rotatable bonds is 6. The highest BCUT2D eigenvalue weighted by molar-refractivity contribution is 5.90. The number of carbonyl (C=O) groups is 1. The molecule has 1 aromatic carbocycles. The SMILES string of the molecule is COc1cc(COCC2CCCCC2)ccc1C(=O)O. The number of hydrogen-bond donors (Lipinski definition) is 1. The van der Waals surface area contributed by atoms with Crippen LogP contribution in [-0.4, -0.2) is 24.8 Å². The first-order valence-corrected chi connectivity index (χ1v) is 7.18. The quantitative estimate of drug-likeness (QED) is 0.865. The second kappa shape index (κ2) is 7.29. The Morgan fingerprint density at radius 1 is 1.30 bits per heavy atom. The van der Waals surface area contributed by atoms with Gasteiger partial charge in [-0.1, -0.05) is 25.3 Å². The molecule has 1 N–H and O–H groups in total. The number of methoxy groups -OCH3 is 1. The van der Waals surface area contributed by atoms with Crippen LogP contribution in [0.2, 0.25) is 0 Å². The highest BCUT2D eigenvalue weighted by atomic mass is 16.5. The van der Waals surface area contributed by atoms with Gasteiger partial charge < -0.3 is 14.6 Å². The first kappa shape index (κ1) is 14.9. The lowest BCUT2D eigenvalue weighted by molar-refractivity contribution is 0.0690. The number of ether oxygens (including phenoxy) is 2. The number of carboxylic acids is 1. The second-order valence-electron chi connectivity index (χ2n) is 5.36. The number of aromatic carboxylic acids is 1. The molecule has 0 heterocycles. The van der Waals surface area contributed by atoms with Gasteiger partial charge in [-0.2, -0.15) is 0 Å². The van der Waals surface area contributed by atoms with E-state index in [2.05, 4.69) is 0 Å². The van der Waals surface area contributed by atoms with Crippen molar-refractivity contribution in [3.8, 4) is 5.75 Å². The molecule has 0 radical (unpaired) electrons. The molecule has 0 amide bonds.